The minimum absolute atomic E-state index is 0.0928. The Labute approximate surface area is 91.3 Å². The van der Waals surface area contributed by atoms with Crippen molar-refractivity contribution in [2.45, 2.75) is 19.4 Å². The second-order valence-corrected chi connectivity index (χ2v) is 3.02. The first kappa shape index (κ1) is 11.7. The molecule has 0 aliphatic rings. The number of H-pyrrole nitrogens is 1. The molecule has 0 fully saturated rings. The largest absolute Gasteiger partial charge is 0.480 e. The number of hydrogen-bond donors (Lipinski definition) is 3. The van der Waals surface area contributed by atoms with Gasteiger partial charge >= 0.3 is 5.97 Å². The average Bonchev–Trinajstić information content (AvgIpc) is 2.64. The summed E-state index contributed by atoms with van der Waals surface area (Å²) < 4.78 is 0. The summed E-state index contributed by atoms with van der Waals surface area (Å²) in [5.41, 5.74) is 0. The molecule has 1 unspecified atom stereocenters. The number of aromatic amines is 1. The van der Waals surface area contributed by atoms with Crippen molar-refractivity contribution in [2.24, 2.45) is 0 Å². The number of aliphatic carboxylic acids is 1. The van der Waals surface area contributed by atoms with Crippen molar-refractivity contribution in [2.75, 3.05) is 0 Å². The first-order valence-electron chi connectivity index (χ1n) is 4.40. The number of carbonyl (C=O) groups is 2. The van der Waals surface area contributed by atoms with Crippen molar-refractivity contribution in [3.63, 3.8) is 0 Å². The Balaban J connectivity index is 2.69. The number of terminal acetylenes is 1. The molecule has 0 saturated carbocycles. The summed E-state index contributed by atoms with van der Waals surface area (Å²) >= 11 is 0. The molecule has 16 heavy (non-hydrogen) atoms. The van der Waals surface area contributed by atoms with Crippen LogP contribution in [-0.2, 0) is 4.79 Å². The molecule has 1 amide bonds. The van der Waals surface area contributed by atoms with Crippen LogP contribution in [-0.4, -0.2) is 38.2 Å². The van der Waals surface area contributed by atoms with Crippen LogP contribution in [0.15, 0.2) is 0 Å². The fourth-order valence-corrected chi connectivity index (χ4v) is 0.985. The van der Waals surface area contributed by atoms with Gasteiger partial charge in [-0.2, -0.15) is 0 Å². The van der Waals surface area contributed by atoms with Crippen molar-refractivity contribution in [3.8, 4) is 12.3 Å². The Kier molecular flexibility index (Phi) is 3.61. The number of carboxylic acids is 1. The number of carboxylic acid groups (broad SMARTS) is 1. The van der Waals surface area contributed by atoms with Crippen LogP contribution in [0.2, 0.25) is 0 Å². The summed E-state index contributed by atoms with van der Waals surface area (Å²) in [7, 11) is 0. The number of rotatable bonds is 4. The molecule has 0 saturated heterocycles. The first-order valence-corrected chi connectivity index (χ1v) is 4.40. The maximum absolute atomic E-state index is 11.5. The molecule has 1 aromatic rings. The number of carbonyl (C=O) groups excluding carboxylic acids is 1. The van der Waals surface area contributed by atoms with Crippen molar-refractivity contribution >= 4 is 11.9 Å². The SMILES string of the molecule is C#CCC(NC(=O)c1n[nH]c(C)n1)C(=O)O. The fourth-order valence-electron chi connectivity index (χ4n) is 0.985. The van der Waals surface area contributed by atoms with E-state index in [1.807, 2.05) is 0 Å². The van der Waals surface area contributed by atoms with E-state index in [-0.39, 0.29) is 12.2 Å². The molecule has 1 rings (SSSR count). The summed E-state index contributed by atoms with van der Waals surface area (Å²) in [5.74, 6) is 0.653. The van der Waals surface area contributed by atoms with Gasteiger partial charge in [-0.3, -0.25) is 9.89 Å². The monoisotopic (exact) mass is 222 g/mol. The maximum atomic E-state index is 11.5. The summed E-state index contributed by atoms with van der Waals surface area (Å²) in [6, 6.07) is -1.13. The molecule has 0 aliphatic carbocycles. The van der Waals surface area contributed by atoms with Crippen molar-refractivity contribution in [3.05, 3.63) is 11.6 Å². The highest BCUT2D eigenvalue weighted by molar-refractivity contribution is 5.93. The van der Waals surface area contributed by atoms with E-state index in [4.69, 9.17) is 11.5 Å². The van der Waals surface area contributed by atoms with Crippen LogP contribution in [0.25, 0.3) is 0 Å². The Bertz CT molecular complexity index is 446. The zero-order valence-corrected chi connectivity index (χ0v) is 8.52. The smallest absolute Gasteiger partial charge is 0.327 e. The summed E-state index contributed by atoms with van der Waals surface area (Å²) in [6.45, 7) is 1.62. The van der Waals surface area contributed by atoms with E-state index >= 15 is 0 Å². The summed E-state index contributed by atoms with van der Waals surface area (Å²) in [6.07, 6.45) is 4.89. The van der Waals surface area contributed by atoms with Gasteiger partial charge in [0.05, 0.1) is 0 Å². The Morgan fingerprint density at radius 1 is 1.69 bits per heavy atom. The molecule has 84 valence electrons. The molecular weight excluding hydrogens is 212 g/mol. The van der Waals surface area contributed by atoms with Crippen LogP contribution in [0.5, 0.6) is 0 Å². The lowest BCUT2D eigenvalue weighted by Gasteiger charge is -2.09. The maximum Gasteiger partial charge on any atom is 0.327 e. The van der Waals surface area contributed by atoms with E-state index < -0.39 is 17.9 Å². The molecule has 1 atom stereocenters. The van der Waals surface area contributed by atoms with Crippen LogP contribution in [0.1, 0.15) is 22.9 Å². The van der Waals surface area contributed by atoms with Crippen LogP contribution in [0, 0.1) is 19.3 Å². The van der Waals surface area contributed by atoms with E-state index in [9.17, 15) is 9.59 Å². The normalized spacial score (nSPS) is 11.5. The molecule has 0 aromatic carbocycles. The van der Waals surface area contributed by atoms with Gasteiger partial charge in [-0.05, 0) is 6.92 Å². The van der Waals surface area contributed by atoms with E-state index in [2.05, 4.69) is 26.4 Å². The number of hydrogen-bond acceptors (Lipinski definition) is 4. The number of amides is 1. The second-order valence-electron chi connectivity index (χ2n) is 3.02. The predicted octanol–water partition coefficient (Wildman–Crippen LogP) is -0.681. The molecule has 3 N–H and O–H groups in total. The van der Waals surface area contributed by atoms with Gasteiger partial charge < -0.3 is 10.4 Å². The third kappa shape index (κ3) is 2.81. The summed E-state index contributed by atoms with van der Waals surface area (Å²) in [4.78, 5) is 25.9. The van der Waals surface area contributed by atoms with Gasteiger partial charge in [0.1, 0.15) is 11.9 Å². The second kappa shape index (κ2) is 4.93. The molecule has 1 heterocycles. The first-order chi connectivity index (χ1) is 7.54. The summed E-state index contributed by atoms with van der Waals surface area (Å²) in [5, 5.41) is 17.0. The molecule has 0 aliphatic heterocycles. The Morgan fingerprint density at radius 2 is 2.38 bits per heavy atom. The van der Waals surface area contributed by atoms with Crippen LogP contribution in [0.3, 0.4) is 0 Å². The predicted molar refractivity (Wildman–Crippen MR) is 53.5 cm³/mol. The van der Waals surface area contributed by atoms with E-state index in [1.54, 1.807) is 6.92 Å². The number of aryl methyl sites for hydroxylation is 1. The molecular formula is C9H10N4O3. The van der Waals surface area contributed by atoms with Crippen molar-refractivity contribution in [1.29, 1.82) is 0 Å². The lowest BCUT2D eigenvalue weighted by atomic mass is 10.2. The number of nitrogens with one attached hydrogen (secondary N) is 2. The van der Waals surface area contributed by atoms with Crippen LogP contribution in [0.4, 0.5) is 0 Å². The van der Waals surface area contributed by atoms with Gasteiger partial charge in [-0.25, -0.2) is 9.78 Å². The van der Waals surface area contributed by atoms with Gasteiger partial charge in [0.15, 0.2) is 0 Å². The van der Waals surface area contributed by atoms with Crippen molar-refractivity contribution < 1.29 is 14.7 Å². The van der Waals surface area contributed by atoms with E-state index in [0.717, 1.165) is 0 Å². The van der Waals surface area contributed by atoms with Crippen LogP contribution >= 0.6 is 0 Å². The molecule has 7 nitrogen and oxygen atoms in total. The van der Waals surface area contributed by atoms with E-state index in [1.165, 1.54) is 0 Å². The molecule has 0 radical (unpaired) electrons. The highest BCUT2D eigenvalue weighted by Crippen LogP contribution is 1.95. The van der Waals surface area contributed by atoms with Gasteiger partial charge in [0.2, 0.25) is 5.82 Å². The highest BCUT2D eigenvalue weighted by atomic mass is 16.4. The molecule has 0 spiro atoms. The van der Waals surface area contributed by atoms with Crippen molar-refractivity contribution in [1.82, 2.24) is 20.5 Å². The lowest BCUT2D eigenvalue weighted by Crippen LogP contribution is -2.40. The van der Waals surface area contributed by atoms with Gasteiger partial charge in [-0.15, -0.1) is 17.4 Å². The zero-order valence-electron chi connectivity index (χ0n) is 8.52. The van der Waals surface area contributed by atoms with Gasteiger partial charge in [0, 0.05) is 6.42 Å². The average molecular weight is 222 g/mol. The quantitative estimate of drug-likeness (QED) is 0.585. The Hall–Kier alpha value is -2.36. The lowest BCUT2D eigenvalue weighted by molar-refractivity contribution is -0.139. The standard InChI is InChI=1S/C9H10N4O3/c1-3-4-6(9(15)16)11-8(14)7-10-5(2)12-13-7/h1,6H,4H2,2H3,(H,11,14)(H,15,16)(H,10,12,13). The zero-order chi connectivity index (χ0) is 12.1. The van der Waals surface area contributed by atoms with E-state index in [0.29, 0.717) is 5.82 Å². The third-order valence-corrected chi connectivity index (χ3v) is 1.73. The fraction of sp³-hybridized carbons (Fsp3) is 0.333. The minimum Gasteiger partial charge on any atom is -0.480 e. The molecule has 0 bridgehead atoms. The number of aromatic nitrogens is 3. The van der Waals surface area contributed by atoms with Gasteiger partial charge in [-0.1, -0.05) is 0 Å². The minimum atomic E-state index is -1.20. The third-order valence-electron chi connectivity index (χ3n) is 1.73. The topological polar surface area (TPSA) is 108 Å². The molecule has 7 heteroatoms. The Morgan fingerprint density at radius 3 is 2.81 bits per heavy atom. The highest BCUT2D eigenvalue weighted by Gasteiger charge is 2.21. The molecule has 1 aromatic heterocycles. The van der Waals surface area contributed by atoms with Gasteiger partial charge in [0.25, 0.3) is 5.91 Å². The number of nitrogens with zero attached hydrogens (tertiary/aromatic N) is 2. The van der Waals surface area contributed by atoms with Crippen LogP contribution < -0.4 is 5.32 Å².